The molecule has 1 saturated carbocycles. The topological polar surface area (TPSA) is 72.2 Å². The van der Waals surface area contributed by atoms with Gasteiger partial charge in [0, 0.05) is 13.0 Å². The van der Waals surface area contributed by atoms with Crippen molar-refractivity contribution in [3.63, 3.8) is 0 Å². The first-order valence-electron chi connectivity index (χ1n) is 6.42. The fourth-order valence-electron chi connectivity index (χ4n) is 2.38. The molecule has 0 unspecified atom stereocenters. The summed E-state index contributed by atoms with van der Waals surface area (Å²) in [6.07, 6.45) is -2.01. The number of sulfonamides is 1. The van der Waals surface area contributed by atoms with E-state index in [4.69, 9.17) is 5.73 Å². The zero-order valence-corrected chi connectivity index (χ0v) is 11.6. The van der Waals surface area contributed by atoms with Crippen LogP contribution in [-0.4, -0.2) is 33.4 Å². The molecule has 0 aromatic carbocycles. The number of hydrogen-bond donors (Lipinski definition) is 2. The predicted molar refractivity (Wildman–Crippen MR) is 67.0 cm³/mol. The summed E-state index contributed by atoms with van der Waals surface area (Å²) in [5, 5.41) is 0. The summed E-state index contributed by atoms with van der Waals surface area (Å²) in [6.45, 7) is 0.635. The molecule has 0 aromatic rings. The van der Waals surface area contributed by atoms with Crippen LogP contribution >= 0.6 is 0 Å². The third kappa shape index (κ3) is 6.09. The second-order valence-corrected chi connectivity index (χ2v) is 7.20. The van der Waals surface area contributed by atoms with Crippen molar-refractivity contribution in [3.8, 4) is 0 Å². The number of nitrogens with one attached hydrogen (secondary N) is 1. The summed E-state index contributed by atoms with van der Waals surface area (Å²) in [5.41, 5.74) is 5.46. The quantitative estimate of drug-likeness (QED) is 0.753. The van der Waals surface area contributed by atoms with Crippen LogP contribution in [0.25, 0.3) is 0 Å². The van der Waals surface area contributed by atoms with Gasteiger partial charge in [0.15, 0.2) is 0 Å². The summed E-state index contributed by atoms with van der Waals surface area (Å²) < 4.78 is 61.5. The molecule has 0 amide bonds. The number of alkyl halides is 3. The zero-order chi connectivity index (χ0) is 14.6. The molecule has 1 rings (SSSR count). The van der Waals surface area contributed by atoms with Crippen molar-refractivity contribution in [2.45, 2.75) is 44.7 Å². The van der Waals surface area contributed by atoms with Gasteiger partial charge in [-0.05, 0) is 31.2 Å². The minimum absolute atomic E-state index is 0.211. The van der Waals surface area contributed by atoms with Gasteiger partial charge in [0.05, 0.1) is 5.75 Å². The average Bonchev–Trinajstić information content (AvgIpc) is 2.74. The van der Waals surface area contributed by atoms with Crippen LogP contribution in [0.15, 0.2) is 0 Å². The Labute approximate surface area is 112 Å². The Hall–Kier alpha value is -0.340. The van der Waals surface area contributed by atoms with E-state index in [1.54, 1.807) is 0 Å². The molecule has 114 valence electrons. The fourth-order valence-corrected chi connectivity index (χ4v) is 3.57. The van der Waals surface area contributed by atoms with Crippen LogP contribution in [0.5, 0.6) is 0 Å². The van der Waals surface area contributed by atoms with Crippen molar-refractivity contribution < 1.29 is 21.6 Å². The van der Waals surface area contributed by atoms with Gasteiger partial charge >= 0.3 is 6.18 Å². The molecule has 8 heteroatoms. The molecule has 0 spiro atoms. The van der Waals surface area contributed by atoms with Crippen LogP contribution in [0, 0.1) is 5.41 Å². The molecule has 0 aromatic heterocycles. The number of nitrogens with two attached hydrogens (primary N) is 1. The largest absolute Gasteiger partial charge is 0.389 e. The molecule has 0 heterocycles. The van der Waals surface area contributed by atoms with Crippen molar-refractivity contribution in [3.05, 3.63) is 0 Å². The second kappa shape index (κ2) is 6.41. The van der Waals surface area contributed by atoms with E-state index in [1.807, 2.05) is 0 Å². The van der Waals surface area contributed by atoms with Crippen molar-refractivity contribution in [2.75, 3.05) is 18.8 Å². The van der Waals surface area contributed by atoms with E-state index in [1.165, 1.54) is 0 Å². The normalized spacial score (nSPS) is 19.8. The van der Waals surface area contributed by atoms with Gasteiger partial charge in [0.1, 0.15) is 0 Å². The maximum atomic E-state index is 11.9. The monoisotopic (exact) mass is 302 g/mol. The van der Waals surface area contributed by atoms with Gasteiger partial charge in [0.25, 0.3) is 0 Å². The van der Waals surface area contributed by atoms with E-state index in [2.05, 4.69) is 4.72 Å². The molecule has 0 radical (unpaired) electrons. The lowest BCUT2D eigenvalue weighted by molar-refractivity contribution is -0.134. The van der Waals surface area contributed by atoms with Crippen molar-refractivity contribution >= 4 is 10.0 Å². The number of halogens is 3. The summed E-state index contributed by atoms with van der Waals surface area (Å²) >= 11 is 0. The van der Waals surface area contributed by atoms with E-state index < -0.39 is 34.8 Å². The van der Waals surface area contributed by atoms with E-state index in [0.717, 1.165) is 25.7 Å². The molecule has 0 saturated heterocycles. The highest BCUT2D eigenvalue weighted by Crippen LogP contribution is 2.36. The first-order chi connectivity index (χ1) is 8.68. The molecule has 19 heavy (non-hydrogen) atoms. The fraction of sp³-hybridized carbons (Fsp3) is 1.00. The van der Waals surface area contributed by atoms with Gasteiger partial charge in [-0.25, -0.2) is 13.1 Å². The smallest absolute Gasteiger partial charge is 0.330 e. The number of hydrogen-bond acceptors (Lipinski definition) is 3. The number of rotatable bonds is 7. The SMILES string of the molecule is NCC1(CNS(=O)(=O)CCCC(F)(F)F)CCCC1. The summed E-state index contributed by atoms with van der Waals surface area (Å²) in [6, 6.07) is 0. The molecule has 1 aliphatic rings. The van der Waals surface area contributed by atoms with Gasteiger partial charge in [-0.3, -0.25) is 0 Å². The van der Waals surface area contributed by atoms with Crippen LogP contribution in [0.2, 0.25) is 0 Å². The van der Waals surface area contributed by atoms with Gasteiger partial charge in [-0.2, -0.15) is 13.2 Å². The van der Waals surface area contributed by atoms with E-state index in [9.17, 15) is 21.6 Å². The van der Waals surface area contributed by atoms with Gasteiger partial charge in [-0.1, -0.05) is 12.8 Å². The van der Waals surface area contributed by atoms with E-state index in [-0.39, 0.29) is 12.0 Å². The van der Waals surface area contributed by atoms with E-state index in [0.29, 0.717) is 6.54 Å². The standard InChI is InChI=1S/C11H21F3N2O2S/c12-11(13,14)6-3-7-19(17,18)16-9-10(8-15)4-1-2-5-10/h16H,1-9,15H2. The maximum absolute atomic E-state index is 11.9. The Morgan fingerprint density at radius 3 is 2.26 bits per heavy atom. The lowest BCUT2D eigenvalue weighted by atomic mass is 9.87. The Balaban J connectivity index is 2.38. The second-order valence-electron chi connectivity index (χ2n) is 5.27. The van der Waals surface area contributed by atoms with Crippen LogP contribution in [0.3, 0.4) is 0 Å². The Kier molecular flexibility index (Phi) is 5.64. The minimum Gasteiger partial charge on any atom is -0.330 e. The Morgan fingerprint density at radius 2 is 1.79 bits per heavy atom. The molecule has 1 fully saturated rings. The Morgan fingerprint density at radius 1 is 1.21 bits per heavy atom. The molecular formula is C11H21F3N2O2S. The zero-order valence-electron chi connectivity index (χ0n) is 10.8. The lowest BCUT2D eigenvalue weighted by Crippen LogP contribution is -2.41. The van der Waals surface area contributed by atoms with Crippen LogP contribution in [-0.2, 0) is 10.0 Å². The van der Waals surface area contributed by atoms with E-state index >= 15 is 0 Å². The molecule has 4 nitrogen and oxygen atoms in total. The highest BCUT2D eigenvalue weighted by Gasteiger charge is 2.33. The molecule has 1 aliphatic carbocycles. The summed E-state index contributed by atoms with van der Waals surface area (Å²) in [4.78, 5) is 0. The highest BCUT2D eigenvalue weighted by atomic mass is 32.2. The summed E-state index contributed by atoms with van der Waals surface area (Å²) in [7, 11) is -3.65. The van der Waals surface area contributed by atoms with Crippen LogP contribution in [0.1, 0.15) is 38.5 Å². The van der Waals surface area contributed by atoms with Gasteiger partial charge in [0.2, 0.25) is 10.0 Å². The first-order valence-corrected chi connectivity index (χ1v) is 8.07. The van der Waals surface area contributed by atoms with Crippen molar-refractivity contribution in [1.29, 1.82) is 0 Å². The van der Waals surface area contributed by atoms with Crippen LogP contribution in [0.4, 0.5) is 13.2 Å². The Bertz CT molecular complexity index is 376. The lowest BCUT2D eigenvalue weighted by Gasteiger charge is -2.27. The first kappa shape index (κ1) is 16.7. The molecule has 0 aliphatic heterocycles. The molecule has 0 bridgehead atoms. The minimum atomic E-state index is -4.31. The molecular weight excluding hydrogens is 281 g/mol. The maximum Gasteiger partial charge on any atom is 0.389 e. The third-order valence-corrected chi connectivity index (χ3v) is 5.05. The molecule has 0 atom stereocenters. The van der Waals surface area contributed by atoms with Crippen molar-refractivity contribution in [1.82, 2.24) is 4.72 Å². The summed E-state index contributed by atoms with van der Waals surface area (Å²) in [5.74, 6) is -0.493. The highest BCUT2D eigenvalue weighted by molar-refractivity contribution is 7.89. The average molecular weight is 302 g/mol. The predicted octanol–water partition coefficient (Wildman–Crippen LogP) is 1.77. The third-order valence-electron chi connectivity index (χ3n) is 3.64. The van der Waals surface area contributed by atoms with Crippen molar-refractivity contribution in [2.24, 2.45) is 11.1 Å². The van der Waals surface area contributed by atoms with Crippen LogP contribution < -0.4 is 10.5 Å². The molecule has 3 N–H and O–H groups in total. The van der Waals surface area contributed by atoms with Gasteiger partial charge < -0.3 is 5.73 Å². The van der Waals surface area contributed by atoms with Gasteiger partial charge in [-0.15, -0.1) is 0 Å².